The van der Waals surface area contributed by atoms with Crippen LogP contribution >= 0.6 is 0 Å². The van der Waals surface area contributed by atoms with Crippen LogP contribution in [0.1, 0.15) is 76.3 Å². The highest BCUT2D eigenvalue weighted by atomic mass is 16.5. The summed E-state index contributed by atoms with van der Waals surface area (Å²) in [5.74, 6) is 1.88. The first-order valence-corrected chi connectivity index (χ1v) is 21.9. The van der Waals surface area contributed by atoms with Crippen molar-refractivity contribution in [1.82, 2.24) is 40.4 Å². The Hall–Kier alpha value is -6.20. The lowest BCUT2D eigenvalue weighted by Crippen LogP contribution is -2.54. The van der Waals surface area contributed by atoms with E-state index in [1.54, 1.807) is 18.9 Å². The largest absolute Gasteiger partial charge is 0.488 e. The normalized spacial score (nSPS) is 21.1. The molecule has 0 saturated carbocycles. The first-order chi connectivity index (χ1) is 30.8. The van der Waals surface area contributed by atoms with E-state index in [-0.39, 0.29) is 35.6 Å². The lowest BCUT2D eigenvalue weighted by molar-refractivity contribution is -0.138. The van der Waals surface area contributed by atoms with E-state index in [9.17, 15) is 19.2 Å². The number of fused-ring (bicyclic) bond motifs is 6. The van der Waals surface area contributed by atoms with Crippen LogP contribution in [0.2, 0.25) is 0 Å². The predicted octanol–water partition coefficient (Wildman–Crippen LogP) is 6.64. The molecule has 5 heterocycles. The van der Waals surface area contributed by atoms with Crippen LogP contribution in [-0.4, -0.2) is 120 Å². The fourth-order valence-electron chi connectivity index (χ4n) is 9.54. The van der Waals surface area contributed by atoms with E-state index in [0.717, 1.165) is 61.9 Å². The summed E-state index contributed by atoms with van der Waals surface area (Å²) in [4.78, 5) is 73.1. The molecule has 64 heavy (non-hydrogen) atoms. The van der Waals surface area contributed by atoms with Gasteiger partial charge >= 0.3 is 12.2 Å². The van der Waals surface area contributed by atoms with Crippen LogP contribution in [0.3, 0.4) is 0 Å². The summed E-state index contributed by atoms with van der Waals surface area (Å²) in [6.07, 6.45) is 1.93. The number of likely N-dealkylation sites (tertiary alicyclic amines) is 2. The fourth-order valence-corrected chi connectivity index (χ4v) is 9.54. The molecule has 0 spiro atoms. The summed E-state index contributed by atoms with van der Waals surface area (Å²) in [6, 6.07) is 12.2. The number of carbonyl (C=O) groups is 4. The molecule has 17 nitrogen and oxygen atoms in total. The van der Waals surface area contributed by atoms with Crippen molar-refractivity contribution in [2.45, 2.75) is 83.8 Å². The van der Waals surface area contributed by atoms with E-state index < -0.39 is 36.4 Å². The van der Waals surface area contributed by atoms with Gasteiger partial charge in [0, 0.05) is 44.2 Å². The SMILES string of the molecule is CC[C@H](C)[C@H](NC(=O)OC)C(=O)N1C[C@@H](C)C[C@H]1c1ncc(-c2ccc3c(c2)COc2cc4c(ccc5[nH]c([C@@H]6C[C@H](COC)CN6C(=O)[C@@H](NC(=O)OC)[C@@H](C)OC)nc54)cc2-3)[nH]1. The number of ether oxygens (including phenoxy) is 5. The monoisotopic (exact) mass is 878 g/mol. The number of hydrogen-bond acceptors (Lipinski definition) is 11. The van der Waals surface area contributed by atoms with Crippen molar-refractivity contribution < 1.29 is 42.9 Å². The van der Waals surface area contributed by atoms with Crippen molar-refractivity contribution in [2.24, 2.45) is 17.8 Å². The average Bonchev–Trinajstić information content (AvgIpc) is 4.14. The number of carbonyl (C=O) groups excluding carboxylic acids is 4. The Balaban J connectivity index is 1.05. The summed E-state index contributed by atoms with van der Waals surface area (Å²) < 4.78 is 27.1. The Morgan fingerprint density at radius 3 is 2.30 bits per heavy atom. The second-order valence-corrected chi connectivity index (χ2v) is 17.5. The number of methoxy groups -OCH3 is 4. The first-order valence-electron chi connectivity index (χ1n) is 21.9. The Morgan fingerprint density at radius 1 is 0.859 bits per heavy atom. The standard InChI is InChI=1S/C47H58N8O9/c1-9-25(3)39(52-46(58)62-7)44(56)54-20-24(2)14-36(54)42-48-19-35(50-42)29-10-12-31-30(16-29)23-64-38-18-32-28(17-33(31)38)11-13-34-41(32)51-43(49-34)37-15-27(22-60-5)21-55(37)45(57)40(26(4)61-6)53-47(59)63-8/h10-13,16-19,24-27,36-37,39-40H,9,14-15,20-23H2,1-8H3,(H,48,50)(H,49,51)(H,52,58)(H,53,59)/t24-,25-,26+,27-,36-,37-,39-,40-/m0/s1. The maximum absolute atomic E-state index is 14.1. The maximum Gasteiger partial charge on any atom is 0.407 e. The Bertz CT molecular complexity index is 2560. The third kappa shape index (κ3) is 8.45. The van der Waals surface area contributed by atoms with Crippen LogP contribution in [0.25, 0.3) is 44.2 Å². The Labute approximate surface area is 371 Å². The third-order valence-electron chi connectivity index (χ3n) is 13.3. The maximum atomic E-state index is 14.1. The van der Waals surface area contributed by atoms with Crippen molar-refractivity contribution in [3.63, 3.8) is 0 Å². The van der Waals surface area contributed by atoms with E-state index in [2.05, 4.69) is 57.9 Å². The number of imidazole rings is 2. The summed E-state index contributed by atoms with van der Waals surface area (Å²) in [5, 5.41) is 7.33. The zero-order chi connectivity index (χ0) is 45.4. The second kappa shape index (κ2) is 18.5. The molecule has 17 heteroatoms. The lowest BCUT2D eigenvalue weighted by Gasteiger charge is -2.30. The van der Waals surface area contributed by atoms with Gasteiger partial charge in [0.05, 0.1) is 61.9 Å². The molecule has 8 atom stereocenters. The van der Waals surface area contributed by atoms with Crippen LogP contribution < -0.4 is 15.4 Å². The second-order valence-electron chi connectivity index (χ2n) is 17.5. The number of aromatic nitrogens is 4. The molecule has 0 radical (unpaired) electrons. The third-order valence-corrected chi connectivity index (χ3v) is 13.3. The number of benzene rings is 3. The minimum Gasteiger partial charge on any atom is -0.488 e. The van der Waals surface area contributed by atoms with Crippen LogP contribution in [0.15, 0.2) is 48.7 Å². The molecular weight excluding hydrogens is 821 g/mol. The quantitative estimate of drug-likeness (QED) is 0.0988. The number of alkyl carbamates (subject to hydrolysis) is 2. The lowest BCUT2D eigenvalue weighted by atomic mass is 9.92. The Morgan fingerprint density at radius 2 is 1.58 bits per heavy atom. The number of hydrogen-bond donors (Lipinski definition) is 4. The predicted molar refractivity (Wildman–Crippen MR) is 238 cm³/mol. The van der Waals surface area contributed by atoms with Crippen molar-refractivity contribution in [1.29, 1.82) is 0 Å². The van der Waals surface area contributed by atoms with Gasteiger partial charge in [0.15, 0.2) is 0 Å². The smallest absolute Gasteiger partial charge is 0.407 e. The minimum atomic E-state index is -0.971. The van der Waals surface area contributed by atoms with E-state index in [1.807, 2.05) is 37.1 Å². The number of rotatable bonds is 13. The van der Waals surface area contributed by atoms with Crippen molar-refractivity contribution in [2.75, 3.05) is 48.1 Å². The molecule has 340 valence electrons. The molecule has 3 aliphatic rings. The molecular formula is C47H58N8O9. The number of amides is 4. The molecule has 0 unspecified atom stereocenters. The summed E-state index contributed by atoms with van der Waals surface area (Å²) in [5.41, 5.74) is 6.43. The van der Waals surface area contributed by atoms with Gasteiger partial charge in [0.25, 0.3) is 0 Å². The molecule has 3 aromatic carbocycles. The summed E-state index contributed by atoms with van der Waals surface area (Å²) in [6.45, 7) is 9.61. The number of H-pyrrole nitrogens is 2. The van der Waals surface area contributed by atoms with Crippen LogP contribution in [0.5, 0.6) is 5.75 Å². The number of aromatic amines is 2. The van der Waals surface area contributed by atoms with E-state index in [1.165, 1.54) is 21.3 Å². The van der Waals surface area contributed by atoms with Gasteiger partial charge < -0.3 is 54.1 Å². The number of nitrogens with zero attached hydrogens (tertiary/aromatic N) is 4. The van der Waals surface area contributed by atoms with Gasteiger partial charge in [-0.3, -0.25) is 9.59 Å². The molecule has 2 aromatic heterocycles. The highest BCUT2D eigenvalue weighted by molar-refractivity contribution is 6.07. The van der Waals surface area contributed by atoms with Gasteiger partial charge in [-0.2, -0.15) is 0 Å². The van der Waals surface area contributed by atoms with Gasteiger partial charge in [-0.05, 0) is 77.9 Å². The molecule has 4 N–H and O–H groups in total. The van der Waals surface area contributed by atoms with Crippen molar-refractivity contribution in [3.8, 4) is 28.1 Å². The molecule has 2 saturated heterocycles. The first kappa shape index (κ1) is 44.4. The molecule has 3 aliphatic heterocycles. The molecule has 0 aliphatic carbocycles. The summed E-state index contributed by atoms with van der Waals surface area (Å²) in [7, 11) is 5.69. The Kier molecular flexibility index (Phi) is 12.8. The molecule has 4 amide bonds. The van der Waals surface area contributed by atoms with Gasteiger partial charge in [-0.15, -0.1) is 0 Å². The van der Waals surface area contributed by atoms with Gasteiger partial charge in [0.2, 0.25) is 11.8 Å². The highest BCUT2D eigenvalue weighted by Crippen LogP contribution is 2.44. The average molecular weight is 879 g/mol. The van der Waals surface area contributed by atoms with E-state index >= 15 is 0 Å². The van der Waals surface area contributed by atoms with E-state index in [4.69, 9.17) is 33.7 Å². The molecule has 8 rings (SSSR count). The minimum absolute atomic E-state index is 0.0552. The van der Waals surface area contributed by atoms with Gasteiger partial charge in [-0.25, -0.2) is 19.6 Å². The number of nitrogens with one attached hydrogen (secondary N) is 4. The van der Waals surface area contributed by atoms with Crippen LogP contribution in [-0.2, 0) is 35.1 Å². The molecule has 5 aromatic rings. The molecule has 2 fully saturated rings. The zero-order valence-electron chi connectivity index (χ0n) is 37.7. The van der Waals surface area contributed by atoms with E-state index in [0.29, 0.717) is 50.8 Å². The summed E-state index contributed by atoms with van der Waals surface area (Å²) >= 11 is 0. The van der Waals surface area contributed by atoms with Gasteiger partial charge in [0.1, 0.15) is 36.1 Å². The van der Waals surface area contributed by atoms with Crippen LogP contribution in [0.4, 0.5) is 9.59 Å². The topological polar surface area (TPSA) is 202 Å². The van der Waals surface area contributed by atoms with Crippen molar-refractivity contribution in [3.05, 3.63) is 65.9 Å². The van der Waals surface area contributed by atoms with Crippen molar-refractivity contribution >= 4 is 45.8 Å². The zero-order valence-corrected chi connectivity index (χ0v) is 37.7. The van der Waals surface area contributed by atoms with Gasteiger partial charge in [-0.1, -0.05) is 45.4 Å². The highest BCUT2D eigenvalue weighted by Gasteiger charge is 2.43. The molecule has 0 bridgehead atoms. The fraction of sp³-hybridized carbons (Fsp3) is 0.489. The van der Waals surface area contributed by atoms with Crippen LogP contribution in [0, 0.1) is 17.8 Å².